The first-order valence-corrected chi connectivity index (χ1v) is 7.32. The molecule has 1 N–H and O–H groups in total. The first-order valence-electron chi connectivity index (χ1n) is 7.32. The number of hydrogen-bond acceptors (Lipinski definition) is 3. The molecule has 1 saturated carbocycles. The summed E-state index contributed by atoms with van der Waals surface area (Å²) in [6.45, 7) is 2.78. The van der Waals surface area contributed by atoms with Crippen LogP contribution in [0.3, 0.4) is 0 Å². The molecule has 0 aliphatic heterocycles. The lowest BCUT2D eigenvalue weighted by atomic mass is 10.1. The summed E-state index contributed by atoms with van der Waals surface area (Å²) < 4.78 is 5.37. The van der Waals surface area contributed by atoms with Gasteiger partial charge in [-0.25, -0.2) is 0 Å². The number of rotatable bonds is 7. The minimum Gasteiger partial charge on any atom is -0.468 e. The Morgan fingerprint density at radius 3 is 2.50 bits per heavy atom. The largest absolute Gasteiger partial charge is 0.468 e. The molecular weight excluding hydrogens is 248 g/mol. The Labute approximate surface area is 120 Å². The maximum Gasteiger partial charge on any atom is 0.117 e. The minimum atomic E-state index is 0.772. The van der Waals surface area contributed by atoms with E-state index in [-0.39, 0.29) is 0 Å². The number of nitrogens with one attached hydrogen (secondary N) is 1. The third-order valence-electron chi connectivity index (χ3n) is 3.65. The van der Waals surface area contributed by atoms with E-state index in [4.69, 9.17) is 4.42 Å². The van der Waals surface area contributed by atoms with Gasteiger partial charge in [0.05, 0.1) is 12.8 Å². The summed E-state index contributed by atoms with van der Waals surface area (Å²) >= 11 is 0. The third kappa shape index (κ3) is 3.95. The van der Waals surface area contributed by atoms with Crippen molar-refractivity contribution in [3.63, 3.8) is 0 Å². The second-order valence-corrected chi connectivity index (χ2v) is 5.72. The van der Waals surface area contributed by atoms with Crippen molar-refractivity contribution in [3.8, 4) is 0 Å². The topological polar surface area (TPSA) is 28.4 Å². The van der Waals surface area contributed by atoms with Gasteiger partial charge < -0.3 is 9.73 Å². The molecule has 0 saturated heterocycles. The summed E-state index contributed by atoms with van der Waals surface area (Å²) in [5, 5.41) is 3.54. The molecule has 1 heterocycles. The third-order valence-corrected chi connectivity index (χ3v) is 3.65. The summed E-state index contributed by atoms with van der Waals surface area (Å²) in [6, 6.07) is 13.6. The molecule has 1 aromatic heterocycles. The van der Waals surface area contributed by atoms with Crippen molar-refractivity contribution in [2.45, 2.75) is 38.5 Å². The predicted octanol–water partition coefficient (Wildman–Crippen LogP) is 3.16. The molecule has 0 bridgehead atoms. The van der Waals surface area contributed by atoms with Gasteiger partial charge in [-0.1, -0.05) is 24.3 Å². The van der Waals surface area contributed by atoms with Crippen LogP contribution in [0.25, 0.3) is 0 Å². The molecule has 3 heteroatoms. The van der Waals surface area contributed by atoms with Gasteiger partial charge in [0, 0.05) is 19.1 Å². The summed E-state index contributed by atoms with van der Waals surface area (Å²) in [6.07, 6.45) is 4.41. The maximum absolute atomic E-state index is 5.37. The van der Waals surface area contributed by atoms with E-state index in [0.29, 0.717) is 0 Å². The summed E-state index contributed by atoms with van der Waals surface area (Å²) in [5.74, 6) is 1.01. The van der Waals surface area contributed by atoms with Crippen LogP contribution in [0.2, 0.25) is 0 Å². The van der Waals surface area contributed by atoms with E-state index >= 15 is 0 Å². The van der Waals surface area contributed by atoms with Crippen LogP contribution in [-0.2, 0) is 19.6 Å². The Morgan fingerprint density at radius 2 is 1.85 bits per heavy atom. The van der Waals surface area contributed by atoms with E-state index in [1.807, 2.05) is 12.1 Å². The second-order valence-electron chi connectivity index (χ2n) is 5.72. The highest BCUT2D eigenvalue weighted by Crippen LogP contribution is 2.19. The zero-order valence-corrected chi connectivity index (χ0v) is 12.0. The molecule has 1 aromatic carbocycles. The molecule has 0 unspecified atom stereocenters. The van der Waals surface area contributed by atoms with Crippen molar-refractivity contribution in [3.05, 3.63) is 59.5 Å². The van der Waals surface area contributed by atoms with E-state index in [1.54, 1.807) is 6.26 Å². The lowest BCUT2D eigenvalue weighted by molar-refractivity contribution is 0.288. The van der Waals surface area contributed by atoms with E-state index in [9.17, 15) is 0 Å². The zero-order valence-electron chi connectivity index (χ0n) is 12.0. The van der Waals surface area contributed by atoms with Crippen LogP contribution < -0.4 is 5.32 Å². The molecule has 3 nitrogen and oxygen atoms in total. The molecule has 1 fully saturated rings. The Hall–Kier alpha value is -1.58. The Bertz CT molecular complexity index is 514. The first-order chi connectivity index (χ1) is 9.79. The fraction of sp³-hybridized carbons (Fsp3) is 0.412. The smallest absolute Gasteiger partial charge is 0.117 e. The number of furan rings is 1. The average molecular weight is 270 g/mol. The number of nitrogens with zero attached hydrogens (tertiary/aromatic N) is 1. The van der Waals surface area contributed by atoms with Crippen molar-refractivity contribution in [1.82, 2.24) is 10.2 Å². The normalized spacial score (nSPS) is 14.9. The molecule has 3 rings (SSSR count). The van der Waals surface area contributed by atoms with Crippen molar-refractivity contribution in [2.24, 2.45) is 0 Å². The van der Waals surface area contributed by atoms with Gasteiger partial charge in [0.1, 0.15) is 5.76 Å². The zero-order chi connectivity index (χ0) is 13.8. The average Bonchev–Trinajstić information content (AvgIpc) is 3.14. The van der Waals surface area contributed by atoms with Crippen molar-refractivity contribution in [1.29, 1.82) is 0 Å². The Morgan fingerprint density at radius 1 is 1.10 bits per heavy atom. The molecule has 1 aliphatic carbocycles. The van der Waals surface area contributed by atoms with Crippen LogP contribution in [-0.4, -0.2) is 18.0 Å². The molecule has 20 heavy (non-hydrogen) atoms. The van der Waals surface area contributed by atoms with E-state index < -0.39 is 0 Å². The fourth-order valence-corrected chi connectivity index (χ4v) is 2.35. The van der Waals surface area contributed by atoms with Crippen LogP contribution in [0.5, 0.6) is 0 Å². The molecule has 0 atom stereocenters. The fourth-order valence-electron chi connectivity index (χ4n) is 2.35. The van der Waals surface area contributed by atoms with Gasteiger partial charge in [-0.3, -0.25) is 4.90 Å². The van der Waals surface area contributed by atoms with Crippen LogP contribution in [0.4, 0.5) is 0 Å². The van der Waals surface area contributed by atoms with Gasteiger partial charge in [-0.15, -0.1) is 0 Å². The van der Waals surface area contributed by atoms with Crippen molar-refractivity contribution >= 4 is 0 Å². The highest BCUT2D eigenvalue weighted by Gasteiger charge is 2.19. The van der Waals surface area contributed by atoms with Gasteiger partial charge in [0.25, 0.3) is 0 Å². The van der Waals surface area contributed by atoms with Gasteiger partial charge in [0.2, 0.25) is 0 Å². The molecule has 2 aromatic rings. The van der Waals surface area contributed by atoms with Crippen LogP contribution in [0.15, 0.2) is 47.1 Å². The van der Waals surface area contributed by atoms with Crippen LogP contribution in [0, 0.1) is 0 Å². The van der Waals surface area contributed by atoms with Crippen molar-refractivity contribution < 1.29 is 4.42 Å². The molecule has 106 valence electrons. The SMILES string of the molecule is CN(Cc1ccc(CNC2CC2)cc1)Cc1ccco1. The standard InChI is InChI=1S/C17H22N2O/c1-19(13-17-3-2-10-20-17)12-15-6-4-14(5-7-15)11-18-16-8-9-16/h2-7,10,16,18H,8-9,11-13H2,1H3. The minimum absolute atomic E-state index is 0.772. The molecule has 0 radical (unpaired) electrons. The second kappa shape index (κ2) is 6.25. The first kappa shape index (κ1) is 13.4. The monoisotopic (exact) mass is 270 g/mol. The highest BCUT2D eigenvalue weighted by atomic mass is 16.3. The van der Waals surface area contributed by atoms with E-state index in [2.05, 4.69) is 41.5 Å². The molecular formula is C17H22N2O. The van der Waals surface area contributed by atoms with E-state index in [1.165, 1.54) is 24.0 Å². The predicted molar refractivity (Wildman–Crippen MR) is 80.2 cm³/mol. The lowest BCUT2D eigenvalue weighted by Crippen LogP contribution is -2.17. The van der Waals surface area contributed by atoms with Gasteiger partial charge in [-0.05, 0) is 43.1 Å². The Kier molecular flexibility index (Phi) is 4.19. The van der Waals surface area contributed by atoms with Gasteiger partial charge >= 0.3 is 0 Å². The quantitative estimate of drug-likeness (QED) is 0.837. The Balaban J connectivity index is 1.48. The van der Waals surface area contributed by atoms with Gasteiger partial charge in [-0.2, -0.15) is 0 Å². The number of benzene rings is 1. The summed E-state index contributed by atoms with van der Waals surface area (Å²) in [7, 11) is 2.12. The summed E-state index contributed by atoms with van der Waals surface area (Å²) in [4.78, 5) is 2.26. The van der Waals surface area contributed by atoms with E-state index in [0.717, 1.165) is 31.4 Å². The molecule has 0 amide bonds. The highest BCUT2D eigenvalue weighted by molar-refractivity contribution is 5.22. The van der Waals surface area contributed by atoms with Crippen LogP contribution in [0.1, 0.15) is 29.7 Å². The molecule has 1 aliphatic rings. The van der Waals surface area contributed by atoms with Gasteiger partial charge in [0.15, 0.2) is 0 Å². The molecule has 0 spiro atoms. The summed E-state index contributed by atoms with van der Waals surface area (Å²) in [5.41, 5.74) is 2.71. The number of hydrogen-bond donors (Lipinski definition) is 1. The van der Waals surface area contributed by atoms with Crippen LogP contribution >= 0.6 is 0 Å². The van der Waals surface area contributed by atoms with Crippen molar-refractivity contribution in [2.75, 3.05) is 7.05 Å². The lowest BCUT2D eigenvalue weighted by Gasteiger charge is -2.15. The maximum atomic E-state index is 5.37.